The Kier molecular flexibility index (Phi) is 6.41. The number of carbonyl (C=O) groups is 1. The van der Waals surface area contributed by atoms with Crippen molar-refractivity contribution in [3.05, 3.63) is 45.7 Å². The number of benzene rings is 1. The van der Waals surface area contributed by atoms with E-state index in [1.54, 1.807) is 11.3 Å². The molecule has 4 heteroatoms. The van der Waals surface area contributed by atoms with Crippen LogP contribution in [0.1, 0.15) is 37.1 Å². The molecule has 0 radical (unpaired) electrons. The lowest BCUT2D eigenvalue weighted by Gasteiger charge is -2.02. The van der Waals surface area contributed by atoms with Gasteiger partial charge in [-0.2, -0.15) is 0 Å². The molecule has 120 valence electrons. The van der Waals surface area contributed by atoms with E-state index in [0.29, 0.717) is 6.42 Å². The summed E-state index contributed by atoms with van der Waals surface area (Å²) in [6.07, 6.45) is 3.12. The molecule has 2 rings (SSSR count). The van der Waals surface area contributed by atoms with Gasteiger partial charge in [-0.15, -0.1) is 20.6 Å². The minimum absolute atomic E-state index is 0.120. The van der Waals surface area contributed by atoms with Crippen molar-refractivity contribution in [2.24, 2.45) is 0 Å². The molecule has 1 unspecified atom stereocenters. The Balaban J connectivity index is 2.20. The second-order valence-electron chi connectivity index (χ2n) is 5.69. The highest BCUT2D eigenvalue weighted by Gasteiger charge is 2.08. The van der Waals surface area contributed by atoms with Crippen LogP contribution in [0.2, 0.25) is 0 Å². The first-order valence-electron chi connectivity index (χ1n) is 7.58. The van der Waals surface area contributed by atoms with E-state index >= 15 is 0 Å². The molecule has 23 heavy (non-hydrogen) atoms. The summed E-state index contributed by atoms with van der Waals surface area (Å²) in [6, 6.07) is 8.62. The number of hydrogen-bond acceptors (Lipinski definition) is 3. The lowest BCUT2D eigenvalue weighted by molar-refractivity contribution is -0.114. The van der Waals surface area contributed by atoms with Gasteiger partial charge in [-0.05, 0) is 71.4 Å². The van der Waals surface area contributed by atoms with E-state index in [0.717, 1.165) is 21.7 Å². The van der Waals surface area contributed by atoms with Crippen molar-refractivity contribution < 1.29 is 4.79 Å². The summed E-state index contributed by atoms with van der Waals surface area (Å²) in [4.78, 5) is 14.0. The van der Waals surface area contributed by atoms with Crippen molar-refractivity contribution in [1.29, 1.82) is 0 Å². The van der Waals surface area contributed by atoms with Crippen LogP contribution in [0.5, 0.6) is 0 Å². The molecule has 0 bridgehead atoms. The number of allylic oxidation sites excluding steroid dienone is 1. The first-order valence-corrected chi connectivity index (χ1v) is 9.45. The largest absolute Gasteiger partial charge is 0.294 e. The second-order valence-corrected chi connectivity index (χ2v) is 7.88. The number of aryl methyl sites for hydroxylation is 1. The maximum absolute atomic E-state index is 12.1. The zero-order chi connectivity index (χ0) is 17.0. The van der Waals surface area contributed by atoms with Gasteiger partial charge in [0, 0.05) is 16.2 Å². The Hall–Kier alpha value is -1.15. The highest BCUT2D eigenvalue weighted by Crippen LogP contribution is 2.27. The first-order chi connectivity index (χ1) is 10.9. The number of rotatable bonds is 6. The Morgan fingerprint density at radius 3 is 2.65 bits per heavy atom. The Bertz CT molecular complexity index is 751. The van der Waals surface area contributed by atoms with E-state index in [-0.39, 0.29) is 5.78 Å². The molecule has 0 saturated heterocycles. The number of hydrogen-bond donors (Lipinski definition) is 0. The maximum Gasteiger partial charge on any atom is 0.163 e. The van der Waals surface area contributed by atoms with E-state index in [4.69, 9.17) is 12.2 Å². The number of ketones is 1. The average molecular weight is 360 g/mol. The molecule has 1 aromatic heterocycles. The molecule has 1 atom stereocenters. The van der Waals surface area contributed by atoms with Crippen LogP contribution < -0.4 is 5.30 Å². The quantitative estimate of drug-likeness (QED) is 0.391. The van der Waals surface area contributed by atoms with E-state index < -0.39 is 0 Å². The molecule has 0 amide bonds. The number of Topliss-reactive ketones (excluding diaryl/α,β-unsaturated/α-hetero) is 1. The summed E-state index contributed by atoms with van der Waals surface area (Å²) >= 11 is 6.82. The molecule has 1 heterocycles. The Labute approximate surface area is 150 Å². The maximum atomic E-state index is 12.1. The van der Waals surface area contributed by atoms with Gasteiger partial charge in [-0.3, -0.25) is 4.79 Å². The zero-order valence-corrected chi connectivity index (χ0v) is 16.5. The van der Waals surface area contributed by atoms with Gasteiger partial charge in [0.2, 0.25) is 0 Å². The topological polar surface area (TPSA) is 17.1 Å². The van der Waals surface area contributed by atoms with Crippen molar-refractivity contribution in [1.82, 2.24) is 0 Å². The molecule has 1 nitrogen and oxygen atoms in total. The molecule has 0 saturated carbocycles. The summed E-state index contributed by atoms with van der Waals surface area (Å²) in [7, 11) is 2.75. The normalized spacial score (nSPS) is 11.6. The number of thiophene rings is 1. The summed E-state index contributed by atoms with van der Waals surface area (Å²) in [5, 5.41) is 3.32. The molecule has 0 spiro atoms. The van der Waals surface area contributed by atoms with Gasteiger partial charge in [-0.1, -0.05) is 31.3 Å². The Morgan fingerprint density at radius 1 is 1.26 bits per heavy atom. The number of thiocarbonyl (C=S) groups is 1. The van der Waals surface area contributed by atoms with Crippen molar-refractivity contribution in [2.45, 2.75) is 33.6 Å². The van der Waals surface area contributed by atoms with E-state index in [2.05, 4.69) is 45.8 Å². The van der Waals surface area contributed by atoms with Crippen LogP contribution in [0.4, 0.5) is 0 Å². The molecule has 0 aliphatic heterocycles. The van der Waals surface area contributed by atoms with Crippen molar-refractivity contribution in [2.75, 3.05) is 0 Å². The van der Waals surface area contributed by atoms with E-state index in [1.165, 1.54) is 22.0 Å². The van der Waals surface area contributed by atoms with Gasteiger partial charge >= 0.3 is 0 Å². The third-order valence-electron chi connectivity index (χ3n) is 3.60. The molecule has 0 fully saturated rings. The lowest BCUT2D eigenvalue weighted by Crippen LogP contribution is -2.05. The van der Waals surface area contributed by atoms with Crippen LogP contribution in [-0.2, 0) is 4.79 Å². The van der Waals surface area contributed by atoms with E-state index in [9.17, 15) is 4.79 Å². The fourth-order valence-electron chi connectivity index (χ4n) is 2.30. The summed E-state index contributed by atoms with van der Waals surface area (Å²) in [5.74, 6) is 0.120. The van der Waals surface area contributed by atoms with Crippen LogP contribution in [0, 0.1) is 6.92 Å². The van der Waals surface area contributed by atoms with Gasteiger partial charge < -0.3 is 0 Å². The van der Waals surface area contributed by atoms with Crippen LogP contribution in [0.25, 0.3) is 17.2 Å². The predicted octanol–water partition coefficient (Wildman–Crippen LogP) is 5.37. The molecule has 0 N–H and O–H groups in total. The highest BCUT2D eigenvalue weighted by molar-refractivity contribution is 7.80. The molecule has 0 aliphatic carbocycles. The van der Waals surface area contributed by atoms with Gasteiger partial charge in [0.25, 0.3) is 0 Å². The Morgan fingerprint density at radius 2 is 2.00 bits per heavy atom. The monoisotopic (exact) mass is 360 g/mol. The molecule has 0 aliphatic rings. The highest BCUT2D eigenvalue weighted by atomic mass is 32.1. The smallest absolute Gasteiger partial charge is 0.163 e. The standard InChI is InChI=1S/C19H21OPS2/c1-4-17(22)10-19(20)13(3)7-18-9-15(11-23-18)14-5-12(2)6-16(21)8-14/h5-9,11H,4,10,21H2,1-3H3/b13-7+. The van der Waals surface area contributed by atoms with Crippen LogP contribution in [0.3, 0.4) is 0 Å². The van der Waals surface area contributed by atoms with Crippen LogP contribution >= 0.6 is 32.8 Å². The SMILES string of the molecule is CCC(=S)CC(=O)/C(C)=C/c1cc(-c2cc(C)cc(P)c2)cs1. The fourth-order valence-corrected chi connectivity index (χ4v) is 3.78. The molecular formula is C19H21OPS2. The van der Waals surface area contributed by atoms with Gasteiger partial charge in [0.1, 0.15) is 0 Å². The predicted molar refractivity (Wildman–Crippen MR) is 110 cm³/mol. The minimum Gasteiger partial charge on any atom is -0.294 e. The average Bonchev–Trinajstić information content (AvgIpc) is 2.94. The lowest BCUT2D eigenvalue weighted by atomic mass is 10.0. The fraction of sp³-hybridized carbons (Fsp3) is 0.263. The second kappa shape index (κ2) is 8.10. The summed E-state index contributed by atoms with van der Waals surface area (Å²) in [5.41, 5.74) is 4.42. The summed E-state index contributed by atoms with van der Waals surface area (Å²) in [6.45, 7) is 5.96. The molecule has 1 aromatic carbocycles. The number of carbonyl (C=O) groups excluding carboxylic acids is 1. The van der Waals surface area contributed by atoms with Crippen molar-refractivity contribution >= 4 is 54.8 Å². The minimum atomic E-state index is 0.120. The van der Waals surface area contributed by atoms with Crippen molar-refractivity contribution in [3.8, 4) is 11.1 Å². The van der Waals surface area contributed by atoms with Crippen LogP contribution in [0.15, 0.2) is 35.2 Å². The third kappa shape index (κ3) is 5.17. The van der Waals surface area contributed by atoms with Crippen molar-refractivity contribution in [3.63, 3.8) is 0 Å². The zero-order valence-electron chi connectivity index (χ0n) is 13.7. The van der Waals surface area contributed by atoms with Gasteiger partial charge in [0.15, 0.2) is 5.78 Å². The summed E-state index contributed by atoms with van der Waals surface area (Å²) < 4.78 is 0. The van der Waals surface area contributed by atoms with E-state index in [1.807, 2.05) is 19.9 Å². The first kappa shape index (κ1) is 18.2. The third-order valence-corrected chi connectivity index (χ3v) is 5.25. The van der Waals surface area contributed by atoms with Gasteiger partial charge in [0.05, 0.1) is 0 Å². The molecule has 2 aromatic rings. The molecular weight excluding hydrogens is 339 g/mol. The van der Waals surface area contributed by atoms with Gasteiger partial charge in [-0.25, -0.2) is 0 Å². The van der Waals surface area contributed by atoms with Crippen LogP contribution in [-0.4, -0.2) is 10.6 Å².